The van der Waals surface area contributed by atoms with Gasteiger partial charge < -0.3 is 15.8 Å². The van der Waals surface area contributed by atoms with Crippen LogP contribution in [0.1, 0.15) is 49.1 Å². The van der Waals surface area contributed by atoms with Gasteiger partial charge >= 0.3 is 0 Å². The number of anilines is 1. The number of hydrogen-bond acceptors (Lipinski definition) is 6. The van der Waals surface area contributed by atoms with Crippen LogP contribution in [0, 0.1) is 5.82 Å². The van der Waals surface area contributed by atoms with Crippen LogP contribution in [0.4, 0.5) is 19.0 Å². The molecule has 1 fully saturated rings. The number of benzene rings is 1. The SMILES string of the molecule is CCOc1c(C(C)n2nc(C(F)F)c3c(N)ncnc32)cc(Cl)c(F)c1C1CNC1. The Morgan fingerprint density at radius 1 is 1.37 bits per heavy atom. The van der Waals surface area contributed by atoms with Gasteiger partial charge in [0, 0.05) is 30.1 Å². The zero-order valence-electron chi connectivity index (χ0n) is 16.3. The van der Waals surface area contributed by atoms with Gasteiger partial charge in [0.05, 0.1) is 23.1 Å². The third kappa shape index (κ3) is 3.24. The molecule has 30 heavy (non-hydrogen) atoms. The molecular formula is C19H20ClF3N6O. The number of ether oxygens (including phenoxy) is 1. The quantitative estimate of drug-likeness (QED) is 0.605. The molecule has 1 saturated heterocycles. The number of nitrogens with two attached hydrogens (primary N) is 1. The minimum absolute atomic E-state index is 0.00562. The number of nitrogen functional groups attached to an aromatic ring is 1. The Morgan fingerprint density at radius 2 is 2.10 bits per heavy atom. The van der Waals surface area contributed by atoms with Crippen LogP contribution < -0.4 is 15.8 Å². The molecule has 0 aliphatic carbocycles. The van der Waals surface area contributed by atoms with Crippen molar-refractivity contribution in [3.63, 3.8) is 0 Å². The minimum Gasteiger partial charge on any atom is -0.493 e. The minimum atomic E-state index is -2.87. The van der Waals surface area contributed by atoms with Crippen molar-refractivity contribution < 1.29 is 17.9 Å². The molecule has 1 aliphatic rings. The van der Waals surface area contributed by atoms with Gasteiger partial charge in [-0.2, -0.15) is 5.10 Å². The van der Waals surface area contributed by atoms with Crippen molar-refractivity contribution in [1.82, 2.24) is 25.1 Å². The predicted octanol–water partition coefficient (Wildman–Crippen LogP) is 3.83. The van der Waals surface area contributed by atoms with Crippen molar-refractivity contribution >= 4 is 28.5 Å². The van der Waals surface area contributed by atoms with E-state index >= 15 is 0 Å². The summed E-state index contributed by atoms with van der Waals surface area (Å²) in [6.07, 6.45) is -1.68. The van der Waals surface area contributed by atoms with Crippen molar-refractivity contribution in [3.05, 3.63) is 40.1 Å². The monoisotopic (exact) mass is 440 g/mol. The largest absolute Gasteiger partial charge is 0.493 e. The molecule has 7 nitrogen and oxygen atoms in total. The molecule has 1 aliphatic heterocycles. The van der Waals surface area contributed by atoms with Gasteiger partial charge in [-0.05, 0) is 19.9 Å². The normalized spacial score (nSPS) is 15.6. The molecule has 1 atom stereocenters. The van der Waals surface area contributed by atoms with Crippen LogP contribution >= 0.6 is 11.6 Å². The van der Waals surface area contributed by atoms with Crippen LogP contribution in [0.2, 0.25) is 5.02 Å². The lowest BCUT2D eigenvalue weighted by atomic mass is 9.89. The lowest BCUT2D eigenvalue weighted by Crippen LogP contribution is -2.40. The van der Waals surface area contributed by atoms with Crippen molar-refractivity contribution in [2.24, 2.45) is 0 Å². The summed E-state index contributed by atoms with van der Waals surface area (Å²) in [6.45, 7) is 5.00. The van der Waals surface area contributed by atoms with Crippen molar-refractivity contribution in [1.29, 1.82) is 0 Å². The summed E-state index contributed by atoms with van der Waals surface area (Å²) >= 11 is 6.20. The summed E-state index contributed by atoms with van der Waals surface area (Å²) in [7, 11) is 0. The zero-order chi connectivity index (χ0) is 21.6. The Morgan fingerprint density at radius 3 is 2.70 bits per heavy atom. The molecule has 3 aromatic rings. The standard InChI is InChI=1S/C19H20ClF3N6O/c1-3-30-16-10(4-11(20)14(21)12(16)9-5-25-6-9)8(2)29-19-13(15(28-29)17(22)23)18(24)26-7-27-19/h4,7-9,17,25H,3,5-6H2,1-2H3,(H2,24,26,27). The first-order valence-electron chi connectivity index (χ1n) is 9.47. The Bertz CT molecular complexity index is 1100. The average Bonchev–Trinajstić information content (AvgIpc) is 3.07. The van der Waals surface area contributed by atoms with Gasteiger partial charge in [0.25, 0.3) is 6.43 Å². The van der Waals surface area contributed by atoms with Crippen LogP contribution in [0.5, 0.6) is 5.75 Å². The highest BCUT2D eigenvalue weighted by Crippen LogP contribution is 2.42. The molecule has 11 heteroatoms. The third-order valence-electron chi connectivity index (χ3n) is 5.28. The fraction of sp³-hybridized carbons (Fsp3) is 0.421. The third-order valence-corrected chi connectivity index (χ3v) is 5.56. The van der Waals surface area contributed by atoms with Gasteiger partial charge in [-0.25, -0.2) is 27.8 Å². The molecule has 160 valence electrons. The van der Waals surface area contributed by atoms with E-state index in [0.717, 1.165) is 0 Å². The van der Waals surface area contributed by atoms with Crippen LogP contribution in [-0.2, 0) is 0 Å². The number of hydrogen-bond donors (Lipinski definition) is 2. The molecule has 1 unspecified atom stereocenters. The summed E-state index contributed by atoms with van der Waals surface area (Å²) in [5.41, 5.74) is 6.36. The molecule has 3 N–H and O–H groups in total. The molecular weight excluding hydrogens is 421 g/mol. The first-order valence-corrected chi connectivity index (χ1v) is 9.84. The lowest BCUT2D eigenvalue weighted by molar-refractivity contribution is 0.146. The maximum atomic E-state index is 14.9. The zero-order valence-corrected chi connectivity index (χ0v) is 17.1. The lowest BCUT2D eigenvalue weighted by Gasteiger charge is -2.31. The molecule has 2 aromatic heterocycles. The Labute approximate surface area is 175 Å². The summed E-state index contributed by atoms with van der Waals surface area (Å²) in [6, 6.07) is 0.808. The number of halogens is 4. The highest BCUT2D eigenvalue weighted by atomic mass is 35.5. The summed E-state index contributed by atoms with van der Waals surface area (Å²) < 4.78 is 49.3. The second-order valence-corrected chi connectivity index (χ2v) is 7.46. The number of nitrogens with zero attached hydrogens (tertiary/aromatic N) is 4. The number of nitrogens with one attached hydrogen (secondary N) is 1. The van der Waals surface area contributed by atoms with Gasteiger partial charge in [-0.15, -0.1) is 0 Å². The average molecular weight is 441 g/mol. The molecule has 3 heterocycles. The van der Waals surface area contributed by atoms with Crippen molar-refractivity contribution in [2.75, 3.05) is 25.4 Å². The number of aromatic nitrogens is 4. The van der Waals surface area contributed by atoms with Gasteiger partial charge in [-0.3, -0.25) is 0 Å². The Hall–Kier alpha value is -2.59. The second-order valence-electron chi connectivity index (χ2n) is 7.06. The van der Waals surface area contributed by atoms with E-state index in [9.17, 15) is 13.2 Å². The first kappa shape index (κ1) is 20.7. The fourth-order valence-electron chi connectivity index (χ4n) is 3.70. The smallest absolute Gasteiger partial charge is 0.282 e. The molecule has 0 radical (unpaired) electrons. The Kier molecular flexibility index (Phi) is 5.46. The summed E-state index contributed by atoms with van der Waals surface area (Å²) in [5.74, 6) is -0.368. The van der Waals surface area contributed by atoms with Gasteiger partial charge in [0.2, 0.25) is 0 Å². The van der Waals surface area contributed by atoms with E-state index in [1.165, 1.54) is 17.1 Å². The van der Waals surface area contributed by atoms with Crippen LogP contribution in [-0.4, -0.2) is 39.4 Å². The highest BCUT2D eigenvalue weighted by Gasteiger charge is 2.32. The molecule has 0 saturated carbocycles. The van der Waals surface area contributed by atoms with Crippen LogP contribution in [0.15, 0.2) is 12.4 Å². The number of fused-ring (bicyclic) bond motifs is 1. The van der Waals surface area contributed by atoms with E-state index < -0.39 is 24.0 Å². The summed E-state index contributed by atoms with van der Waals surface area (Å²) in [5, 5.41) is 7.10. The molecule has 0 amide bonds. The Balaban J connectivity index is 1.93. The summed E-state index contributed by atoms with van der Waals surface area (Å²) in [4.78, 5) is 7.91. The van der Waals surface area contributed by atoms with E-state index in [-0.39, 0.29) is 27.8 Å². The van der Waals surface area contributed by atoms with Gasteiger partial charge in [0.1, 0.15) is 29.4 Å². The van der Waals surface area contributed by atoms with Crippen LogP contribution in [0.25, 0.3) is 11.0 Å². The van der Waals surface area contributed by atoms with Gasteiger partial charge in [0.15, 0.2) is 5.65 Å². The van der Waals surface area contributed by atoms with Crippen molar-refractivity contribution in [2.45, 2.75) is 32.2 Å². The van der Waals surface area contributed by atoms with E-state index in [1.807, 2.05) is 0 Å². The van der Waals surface area contributed by atoms with Crippen molar-refractivity contribution in [3.8, 4) is 5.75 Å². The molecule has 1 aromatic carbocycles. The number of alkyl halides is 2. The van der Waals surface area contributed by atoms with Crippen LogP contribution in [0.3, 0.4) is 0 Å². The fourth-order valence-corrected chi connectivity index (χ4v) is 3.92. The van der Waals surface area contributed by atoms with E-state index in [2.05, 4.69) is 20.4 Å². The molecule has 0 spiro atoms. The molecule has 0 bridgehead atoms. The van der Waals surface area contributed by atoms with E-state index in [0.29, 0.717) is 36.6 Å². The van der Waals surface area contributed by atoms with E-state index in [4.69, 9.17) is 22.1 Å². The first-order chi connectivity index (χ1) is 14.3. The van der Waals surface area contributed by atoms with E-state index in [1.54, 1.807) is 13.8 Å². The molecule has 4 rings (SSSR count). The second kappa shape index (κ2) is 7.92. The maximum Gasteiger partial charge on any atom is 0.282 e. The highest BCUT2D eigenvalue weighted by molar-refractivity contribution is 6.31. The maximum absolute atomic E-state index is 14.9. The predicted molar refractivity (Wildman–Crippen MR) is 107 cm³/mol. The number of rotatable bonds is 6. The topological polar surface area (TPSA) is 90.9 Å². The van der Waals surface area contributed by atoms with Gasteiger partial charge in [-0.1, -0.05) is 11.6 Å².